The topological polar surface area (TPSA) is 87.2 Å². The molecule has 0 fully saturated rings. The molecule has 0 aliphatic rings. The van der Waals surface area contributed by atoms with E-state index in [-0.39, 0.29) is 11.8 Å². The van der Waals surface area contributed by atoms with Gasteiger partial charge >= 0.3 is 0 Å². The predicted molar refractivity (Wildman–Crippen MR) is 134 cm³/mol. The lowest BCUT2D eigenvalue weighted by Gasteiger charge is -2.05. The Morgan fingerprint density at radius 2 is 1.88 bits per heavy atom. The number of carbonyl (C=O) groups excluding carboxylic acids is 2. The second-order valence-corrected chi connectivity index (χ2v) is 10.3. The number of thiazole rings is 2. The maximum absolute atomic E-state index is 12.7. The summed E-state index contributed by atoms with van der Waals surface area (Å²) in [5.74, 6) is -0.164. The first kappa shape index (κ1) is 22.4. The van der Waals surface area contributed by atoms with Crippen LogP contribution in [0, 0.1) is 0 Å². The normalized spacial score (nSPS) is 11.0. The first-order chi connectivity index (χ1) is 15.4. The molecule has 166 valence electrons. The van der Waals surface area contributed by atoms with Gasteiger partial charge in [-0.1, -0.05) is 35.6 Å². The first-order valence-electron chi connectivity index (χ1n) is 10.1. The van der Waals surface area contributed by atoms with E-state index in [1.165, 1.54) is 35.2 Å². The predicted octanol–water partition coefficient (Wildman–Crippen LogP) is 4.87. The fraction of sp³-hybridized carbons (Fsp3) is 0.273. The SMILES string of the molecule is CC(=O)NCCCc1ccc(-c2csc(NC(=O)c3cc4sc(N(C)C)nc4s3)n2)cc1. The van der Waals surface area contributed by atoms with Crippen LogP contribution in [0.5, 0.6) is 0 Å². The van der Waals surface area contributed by atoms with Crippen LogP contribution >= 0.6 is 34.0 Å². The molecule has 0 aliphatic heterocycles. The van der Waals surface area contributed by atoms with E-state index >= 15 is 0 Å². The summed E-state index contributed by atoms with van der Waals surface area (Å²) in [6.07, 6.45) is 1.81. The molecule has 10 heteroatoms. The molecule has 3 heterocycles. The molecule has 7 nitrogen and oxygen atoms in total. The molecule has 3 aromatic heterocycles. The van der Waals surface area contributed by atoms with E-state index in [2.05, 4.69) is 32.7 Å². The molecular weight excluding hydrogens is 462 g/mol. The molecule has 0 spiro atoms. The smallest absolute Gasteiger partial charge is 0.267 e. The quantitative estimate of drug-likeness (QED) is 0.348. The van der Waals surface area contributed by atoms with Gasteiger partial charge < -0.3 is 10.2 Å². The zero-order chi connectivity index (χ0) is 22.7. The van der Waals surface area contributed by atoms with Gasteiger partial charge in [-0.15, -0.1) is 22.7 Å². The number of carbonyl (C=O) groups is 2. The van der Waals surface area contributed by atoms with Gasteiger partial charge in [-0.05, 0) is 24.5 Å². The Hall–Kier alpha value is -2.82. The number of anilines is 2. The second-order valence-electron chi connectivity index (χ2n) is 7.45. The van der Waals surface area contributed by atoms with Gasteiger partial charge in [0.2, 0.25) is 5.91 Å². The van der Waals surface area contributed by atoms with E-state index in [0.717, 1.165) is 38.8 Å². The number of fused-ring (bicyclic) bond motifs is 1. The lowest BCUT2D eigenvalue weighted by molar-refractivity contribution is -0.118. The van der Waals surface area contributed by atoms with Crippen molar-refractivity contribution in [3.8, 4) is 11.3 Å². The van der Waals surface area contributed by atoms with Crippen LogP contribution < -0.4 is 15.5 Å². The highest BCUT2D eigenvalue weighted by Crippen LogP contribution is 2.34. The molecule has 0 unspecified atom stereocenters. The molecule has 0 bridgehead atoms. The van der Waals surface area contributed by atoms with E-state index in [9.17, 15) is 9.59 Å². The van der Waals surface area contributed by atoms with Crippen LogP contribution in [0.1, 0.15) is 28.6 Å². The van der Waals surface area contributed by atoms with Crippen LogP contribution in [-0.4, -0.2) is 42.4 Å². The fourth-order valence-corrected chi connectivity index (χ4v) is 5.79. The summed E-state index contributed by atoms with van der Waals surface area (Å²) in [6.45, 7) is 2.21. The van der Waals surface area contributed by atoms with Gasteiger partial charge in [0.25, 0.3) is 5.91 Å². The van der Waals surface area contributed by atoms with Gasteiger partial charge in [0.05, 0.1) is 15.3 Å². The Kier molecular flexibility index (Phi) is 6.83. The van der Waals surface area contributed by atoms with Crippen molar-refractivity contribution in [1.29, 1.82) is 0 Å². The van der Waals surface area contributed by atoms with Gasteiger partial charge in [0, 0.05) is 38.5 Å². The van der Waals surface area contributed by atoms with Gasteiger partial charge in [0.15, 0.2) is 10.3 Å². The summed E-state index contributed by atoms with van der Waals surface area (Å²) >= 11 is 4.37. The highest BCUT2D eigenvalue weighted by molar-refractivity contribution is 7.29. The third kappa shape index (κ3) is 5.32. The van der Waals surface area contributed by atoms with Crippen molar-refractivity contribution in [2.75, 3.05) is 30.9 Å². The number of benzene rings is 1. The van der Waals surface area contributed by atoms with Crippen LogP contribution in [0.3, 0.4) is 0 Å². The minimum Gasteiger partial charge on any atom is -0.356 e. The average molecular weight is 486 g/mol. The molecule has 2 N–H and O–H groups in total. The molecule has 0 aliphatic carbocycles. The largest absolute Gasteiger partial charge is 0.356 e. The van der Waals surface area contributed by atoms with Gasteiger partial charge in [-0.3, -0.25) is 14.9 Å². The highest BCUT2D eigenvalue weighted by Gasteiger charge is 2.16. The monoisotopic (exact) mass is 485 g/mol. The fourth-order valence-electron chi connectivity index (χ4n) is 3.05. The zero-order valence-electron chi connectivity index (χ0n) is 18.0. The summed E-state index contributed by atoms with van der Waals surface area (Å²) in [4.78, 5) is 36.2. The molecule has 1 aromatic carbocycles. The molecule has 0 saturated heterocycles. The van der Waals surface area contributed by atoms with Crippen molar-refractivity contribution in [3.05, 3.63) is 46.2 Å². The summed E-state index contributed by atoms with van der Waals surface area (Å²) in [5, 5.41) is 9.16. The molecule has 4 aromatic rings. The van der Waals surface area contributed by atoms with Gasteiger partial charge in [0.1, 0.15) is 4.83 Å². The maximum atomic E-state index is 12.7. The summed E-state index contributed by atoms with van der Waals surface area (Å²) in [5.41, 5.74) is 3.05. The highest BCUT2D eigenvalue weighted by atomic mass is 32.1. The number of hydrogen-bond acceptors (Lipinski definition) is 8. The second kappa shape index (κ2) is 9.76. The number of aromatic nitrogens is 2. The number of amides is 2. The molecule has 4 rings (SSSR count). The van der Waals surface area contributed by atoms with Crippen LogP contribution in [0.4, 0.5) is 10.3 Å². The molecule has 0 radical (unpaired) electrons. The Labute approximate surface area is 198 Å². The van der Waals surface area contributed by atoms with Crippen LogP contribution in [0.2, 0.25) is 0 Å². The van der Waals surface area contributed by atoms with Crippen molar-refractivity contribution in [3.63, 3.8) is 0 Å². The Balaban J connectivity index is 1.36. The molecule has 32 heavy (non-hydrogen) atoms. The number of hydrogen-bond donors (Lipinski definition) is 2. The summed E-state index contributed by atoms with van der Waals surface area (Å²) in [7, 11) is 3.91. The van der Waals surface area contributed by atoms with E-state index in [0.29, 0.717) is 16.6 Å². The molecular formula is C22H23N5O2S3. The third-order valence-corrected chi connectivity index (χ3v) is 7.76. The third-order valence-electron chi connectivity index (χ3n) is 4.67. The van der Waals surface area contributed by atoms with E-state index in [1.54, 1.807) is 11.3 Å². The lowest BCUT2D eigenvalue weighted by Crippen LogP contribution is -2.21. The number of nitrogens with one attached hydrogen (secondary N) is 2. The standard InChI is InChI=1S/C22H23N5O2S3/c1-13(28)23-10-4-5-14-6-8-15(9-7-14)16-12-30-21(24-16)25-19(29)17-11-18-20(31-17)26-22(32-18)27(2)3/h6-9,11-12H,4-5,10H2,1-3H3,(H,23,28)(H,24,25,29). The summed E-state index contributed by atoms with van der Waals surface area (Å²) < 4.78 is 1.01. The van der Waals surface area contributed by atoms with Crippen molar-refractivity contribution < 1.29 is 9.59 Å². The Morgan fingerprint density at radius 3 is 2.56 bits per heavy atom. The van der Waals surface area contributed by atoms with Crippen molar-refractivity contribution in [2.24, 2.45) is 0 Å². The Morgan fingerprint density at radius 1 is 1.09 bits per heavy atom. The minimum atomic E-state index is -0.165. The van der Waals surface area contributed by atoms with Gasteiger partial charge in [-0.25, -0.2) is 9.97 Å². The van der Waals surface area contributed by atoms with E-state index in [1.807, 2.05) is 42.6 Å². The number of thiophene rings is 1. The number of aryl methyl sites for hydroxylation is 1. The van der Waals surface area contributed by atoms with Crippen LogP contribution in [0.15, 0.2) is 35.7 Å². The molecule has 0 atom stereocenters. The maximum Gasteiger partial charge on any atom is 0.267 e. The molecule has 2 amide bonds. The van der Waals surface area contributed by atoms with E-state index in [4.69, 9.17) is 0 Å². The average Bonchev–Trinajstić information content (AvgIpc) is 3.46. The number of nitrogens with zero attached hydrogens (tertiary/aromatic N) is 3. The van der Waals surface area contributed by atoms with E-state index < -0.39 is 0 Å². The Bertz CT molecular complexity index is 1210. The first-order valence-corrected chi connectivity index (χ1v) is 12.6. The summed E-state index contributed by atoms with van der Waals surface area (Å²) in [6, 6.07) is 10.1. The van der Waals surface area contributed by atoms with Gasteiger partial charge in [-0.2, -0.15) is 0 Å². The van der Waals surface area contributed by atoms with Crippen molar-refractivity contribution in [2.45, 2.75) is 19.8 Å². The number of rotatable bonds is 8. The van der Waals surface area contributed by atoms with Crippen molar-refractivity contribution >= 4 is 65.6 Å². The molecule has 0 saturated carbocycles. The van der Waals surface area contributed by atoms with Crippen LogP contribution in [-0.2, 0) is 11.2 Å². The van der Waals surface area contributed by atoms with Crippen LogP contribution in [0.25, 0.3) is 20.8 Å². The zero-order valence-corrected chi connectivity index (χ0v) is 20.4. The van der Waals surface area contributed by atoms with Crippen molar-refractivity contribution in [1.82, 2.24) is 15.3 Å². The minimum absolute atomic E-state index is 0.000752. The lowest BCUT2D eigenvalue weighted by atomic mass is 10.1.